The van der Waals surface area contributed by atoms with E-state index in [0.717, 1.165) is 12.1 Å². The number of amides is 4. The third kappa shape index (κ3) is 4.27. The van der Waals surface area contributed by atoms with Crippen molar-refractivity contribution in [3.05, 3.63) is 57.9 Å². The van der Waals surface area contributed by atoms with Crippen molar-refractivity contribution in [1.29, 1.82) is 0 Å². The molecule has 0 bridgehead atoms. The van der Waals surface area contributed by atoms with Crippen LogP contribution in [0.2, 0.25) is 0 Å². The molecule has 2 N–H and O–H groups in total. The van der Waals surface area contributed by atoms with Crippen LogP contribution < -0.4 is 5.32 Å². The smallest absolute Gasteiger partial charge is 0.384 e. The molecule has 9 nitrogen and oxygen atoms in total. The number of carbonyl (C=O) groups excluding carboxylic acids is 5. The first-order valence-corrected chi connectivity index (χ1v) is 11.6. The van der Waals surface area contributed by atoms with Crippen LogP contribution in [-0.2, 0) is 25.7 Å². The van der Waals surface area contributed by atoms with Gasteiger partial charge in [-0.3, -0.25) is 24.1 Å². The van der Waals surface area contributed by atoms with Crippen LogP contribution in [-0.4, -0.2) is 74.7 Å². The average Bonchev–Trinajstić information content (AvgIpc) is 3.20. The van der Waals surface area contributed by atoms with Gasteiger partial charge in [-0.2, -0.15) is 13.2 Å². The number of urea groups is 1. The molecule has 1 saturated heterocycles. The van der Waals surface area contributed by atoms with Crippen molar-refractivity contribution >= 4 is 45.3 Å². The summed E-state index contributed by atoms with van der Waals surface area (Å²) in [7, 11) is 0. The molecule has 1 spiro atoms. The molecule has 37 heavy (non-hydrogen) atoms. The van der Waals surface area contributed by atoms with Crippen molar-refractivity contribution in [3.63, 3.8) is 0 Å². The van der Waals surface area contributed by atoms with Gasteiger partial charge in [-0.25, -0.2) is 9.18 Å². The molecule has 1 aromatic carbocycles. The number of imide groups is 1. The molecular weight excluding hydrogens is 570 g/mol. The maximum atomic E-state index is 13.5. The first-order valence-electron chi connectivity index (χ1n) is 10.8. The molecule has 4 atom stereocenters. The Labute approximate surface area is 214 Å². The number of hydrogen-bond acceptors (Lipinski definition) is 6. The van der Waals surface area contributed by atoms with Crippen LogP contribution >= 0.6 is 15.9 Å². The monoisotopic (exact) mass is 587 g/mol. The van der Waals surface area contributed by atoms with Gasteiger partial charge >= 0.3 is 12.2 Å². The second-order valence-corrected chi connectivity index (χ2v) is 9.58. The highest BCUT2D eigenvalue weighted by Gasteiger charge is 2.69. The number of allylic oxidation sites excluding steroid dienone is 3. The third-order valence-electron chi connectivity index (χ3n) is 6.58. The van der Waals surface area contributed by atoms with E-state index in [1.54, 1.807) is 0 Å². The molecule has 3 aliphatic rings. The molecule has 0 aromatic heterocycles. The Morgan fingerprint density at radius 2 is 1.81 bits per heavy atom. The standard InChI is InChI=1S/C23H18BrF4N3O6/c1-10(23(26,27)28)30(8-11-2-4-12(25)5-3-11)15(32)9-31-20(36)22(29-21(31)37)13-6-7-14(24)17(33)16(13)18(34)19(22)35/h2-7,10,16,18,34H,8-9H2,1H3,(H,29,37)/t10-,16?,18?,22?/m0/s1. The molecule has 1 aliphatic heterocycles. The zero-order chi connectivity index (χ0) is 27.4. The first-order chi connectivity index (χ1) is 17.2. The van der Waals surface area contributed by atoms with E-state index in [1.165, 1.54) is 24.3 Å². The lowest BCUT2D eigenvalue weighted by atomic mass is 9.84. The Morgan fingerprint density at radius 1 is 1.19 bits per heavy atom. The molecule has 4 amide bonds. The van der Waals surface area contributed by atoms with E-state index >= 15 is 0 Å². The van der Waals surface area contributed by atoms with Crippen LogP contribution in [0.25, 0.3) is 0 Å². The number of aliphatic hydroxyl groups excluding tert-OH is 1. The lowest BCUT2D eigenvalue weighted by Crippen LogP contribution is -2.54. The number of benzene rings is 1. The van der Waals surface area contributed by atoms with Crippen molar-refractivity contribution < 1.29 is 46.6 Å². The highest BCUT2D eigenvalue weighted by atomic mass is 79.9. The highest BCUT2D eigenvalue weighted by Crippen LogP contribution is 2.45. The number of fused-ring (bicyclic) bond motifs is 2. The number of rotatable bonds is 5. The topological polar surface area (TPSA) is 124 Å². The van der Waals surface area contributed by atoms with Gasteiger partial charge in [0.25, 0.3) is 5.91 Å². The molecule has 14 heteroatoms. The van der Waals surface area contributed by atoms with E-state index in [0.29, 0.717) is 11.8 Å². The summed E-state index contributed by atoms with van der Waals surface area (Å²) < 4.78 is 53.9. The SMILES string of the molecule is C[C@H](N(Cc1ccc(F)cc1)C(=O)CN1C(=O)NC2(C(=O)C(O)C3C(=O)C(Br)=CC=C32)C1=O)C(F)(F)F. The summed E-state index contributed by atoms with van der Waals surface area (Å²) in [6, 6.07) is 0.743. The van der Waals surface area contributed by atoms with Gasteiger partial charge < -0.3 is 15.3 Å². The van der Waals surface area contributed by atoms with Gasteiger partial charge in [-0.1, -0.05) is 18.2 Å². The second kappa shape index (κ2) is 9.17. The van der Waals surface area contributed by atoms with E-state index in [-0.39, 0.29) is 20.5 Å². The van der Waals surface area contributed by atoms with Crippen molar-refractivity contribution in [3.8, 4) is 0 Å². The number of nitrogens with zero attached hydrogens (tertiary/aromatic N) is 2. The van der Waals surface area contributed by atoms with Gasteiger partial charge in [-0.05, 0) is 52.2 Å². The van der Waals surface area contributed by atoms with E-state index in [2.05, 4.69) is 21.2 Å². The van der Waals surface area contributed by atoms with Crippen molar-refractivity contribution in [2.45, 2.75) is 37.3 Å². The van der Waals surface area contributed by atoms with Gasteiger partial charge in [-0.15, -0.1) is 0 Å². The lowest BCUT2D eigenvalue weighted by molar-refractivity contribution is -0.187. The van der Waals surface area contributed by atoms with Crippen LogP contribution in [0.4, 0.5) is 22.4 Å². The molecule has 2 fully saturated rings. The average molecular weight is 588 g/mol. The van der Waals surface area contributed by atoms with Crippen molar-refractivity contribution in [2.24, 2.45) is 5.92 Å². The minimum Gasteiger partial charge on any atom is -0.384 e. The molecule has 0 radical (unpaired) electrons. The number of Topliss-reactive ketones (excluding diaryl/α,β-unsaturated/α-hetero) is 2. The summed E-state index contributed by atoms with van der Waals surface area (Å²) in [6.07, 6.45) is -4.41. The zero-order valence-corrected chi connectivity index (χ0v) is 20.5. The number of halogens is 5. The zero-order valence-electron chi connectivity index (χ0n) is 18.9. The van der Waals surface area contributed by atoms with E-state index in [4.69, 9.17) is 0 Å². The molecule has 1 heterocycles. The maximum absolute atomic E-state index is 13.5. The second-order valence-electron chi connectivity index (χ2n) is 8.72. The number of carbonyl (C=O) groups is 5. The Bertz CT molecular complexity index is 1280. The van der Waals surface area contributed by atoms with E-state index in [1.807, 2.05) is 0 Å². The molecule has 2 aliphatic carbocycles. The first kappa shape index (κ1) is 26.7. The fourth-order valence-corrected chi connectivity index (χ4v) is 4.92. The van der Waals surface area contributed by atoms with Crippen LogP contribution in [0, 0.1) is 11.7 Å². The summed E-state index contributed by atoms with van der Waals surface area (Å²) in [6.45, 7) is -1.07. The van der Waals surface area contributed by atoms with Crippen LogP contribution in [0.5, 0.6) is 0 Å². The molecular formula is C23H18BrF4N3O6. The number of aliphatic hydroxyl groups is 1. The minimum absolute atomic E-state index is 0.0199. The number of nitrogens with one attached hydrogen (secondary N) is 1. The van der Waals surface area contributed by atoms with Crippen LogP contribution in [0.1, 0.15) is 12.5 Å². The highest BCUT2D eigenvalue weighted by molar-refractivity contribution is 9.12. The van der Waals surface area contributed by atoms with Crippen LogP contribution in [0.15, 0.2) is 46.5 Å². The Balaban J connectivity index is 1.64. The van der Waals surface area contributed by atoms with Gasteiger partial charge in [0.2, 0.25) is 17.2 Å². The molecule has 4 rings (SSSR count). The van der Waals surface area contributed by atoms with Crippen LogP contribution in [0.3, 0.4) is 0 Å². The molecule has 196 valence electrons. The number of hydrogen-bond donors (Lipinski definition) is 2. The summed E-state index contributed by atoms with van der Waals surface area (Å²) in [4.78, 5) is 65.2. The summed E-state index contributed by atoms with van der Waals surface area (Å²) >= 11 is 2.98. The number of ketones is 2. The minimum atomic E-state index is -4.88. The summed E-state index contributed by atoms with van der Waals surface area (Å²) in [5, 5.41) is 12.5. The Hall–Kier alpha value is -3.39. The summed E-state index contributed by atoms with van der Waals surface area (Å²) in [5.74, 6) is -6.61. The lowest BCUT2D eigenvalue weighted by Gasteiger charge is -2.32. The number of alkyl halides is 3. The quantitative estimate of drug-likeness (QED) is 0.307. The van der Waals surface area contributed by atoms with Gasteiger partial charge in [0, 0.05) is 6.54 Å². The maximum Gasteiger partial charge on any atom is 0.408 e. The Kier molecular flexibility index (Phi) is 6.61. The molecule has 1 saturated carbocycles. The largest absolute Gasteiger partial charge is 0.408 e. The van der Waals surface area contributed by atoms with Crippen molar-refractivity contribution in [2.75, 3.05) is 6.54 Å². The van der Waals surface area contributed by atoms with Gasteiger partial charge in [0.05, 0.1) is 10.4 Å². The predicted molar refractivity (Wildman–Crippen MR) is 120 cm³/mol. The normalized spacial score (nSPS) is 26.2. The predicted octanol–water partition coefficient (Wildman–Crippen LogP) is 1.74. The Morgan fingerprint density at radius 3 is 2.41 bits per heavy atom. The molecule has 1 aromatic rings. The molecule has 3 unspecified atom stereocenters. The fourth-order valence-electron chi connectivity index (χ4n) is 4.54. The van der Waals surface area contributed by atoms with E-state index in [9.17, 15) is 46.6 Å². The van der Waals surface area contributed by atoms with Gasteiger partial charge in [0.15, 0.2) is 5.78 Å². The van der Waals surface area contributed by atoms with Gasteiger partial charge in [0.1, 0.15) is 24.5 Å². The summed E-state index contributed by atoms with van der Waals surface area (Å²) in [5.41, 5.74) is -2.53. The van der Waals surface area contributed by atoms with Crippen molar-refractivity contribution in [1.82, 2.24) is 15.1 Å². The van der Waals surface area contributed by atoms with E-state index < -0.39 is 78.1 Å². The fraction of sp³-hybridized carbons (Fsp3) is 0.348. The third-order valence-corrected chi connectivity index (χ3v) is 7.23.